The number of rotatable bonds is 33. The van der Waals surface area contributed by atoms with E-state index in [2.05, 4.69) is 31.3 Å². The van der Waals surface area contributed by atoms with Gasteiger partial charge in [-0.3, -0.25) is 4.79 Å². The van der Waals surface area contributed by atoms with Crippen LogP contribution in [-0.4, -0.2) is 34.9 Å². The zero-order chi connectivity index (χ0) is 30.8. The topological polar surface area (TPSA) is 69.6 Å². The predicted octanol–water partition coefficient (Wildman–Crippen LogP) is 10.9. The van der Waals surface area contributed by atoms with Crippen molar-refractivity contribution in [3.05, 3.63) is 24.3 Å². The molecule has 0 fully saturated rings. The van der Waals surface area contributed by atoms with Crippen LogP contribution >= 0.6 is 0 Å². The second-order valence-electron chi connectivity index (χ2n) is 12.6. The van der Waals surface area contributed by atoms with Crippen molar-refractivity contribution in [1.82, 2.24) is 5.32 Å². The van der Waals surface area contributed by atoms with Gasteiger partial charge in [0.1, 0.15) is 0 Å². The smallest absolute Gasteiger partial charge is 0.220 e. The number of hydrogen-bond donors (Lipinski definition) is 3. The van der Waals surface area contributed by atoms with Crippen molar-refractivity contribution >= 4 is 5.91 Å². The van der Waals surface area contributed by atoms with E-state index < -0.39 is 12.1 Å². The lowest BCUT2D eigenvalue weighted by Crippen LogP contribution is -2.45. The molecule has 0 radical (unpaired) electrons. The third-order valence-corrected chi connectivity index (χ3v) is 8.43. The molecule has 0 aliphatic rings. The summed E-state index contributed by atoms with van der Waals surface area (Å²) in [7, 11) is 0. The Kier molecular flexibility index (Phi) is 33.4. The molecule has 42 heavy (non-hydrogen) atoms. The lowest BCUT2D eigenvalue weighted by molar-refractivity contribution is -0.123. The van der Waals surface area contributed by atoms with Crippen LogP contribution in [0.2, 0.25) is 0 Å². The standard InChI is InChI=1S/C38H73NO3/c1-3-5-7-9-11-13-15-16-17-18-19-20-21-22-23-24-25-27-29-31-33-37(41)36(35-40)39-38(42)34-32-30-28-26-14-12-10-8-6-4-2/h10,12,31,33,36-37,40-41H,3-9,11,13-30,32,34-35H2,1-2H3,(H,39,42)/b12-10-,33-31+. The monoisotopic (exact) mass is 592 g/mol. The molecule has 0 spiro atoms. The molecule has 0 saturated heterocycles. The van der Waals surface area contributed by atoms with Gasteiger partial charge in [0, 0.05) is 6.42 Å². The van der Waals surface area contributed by atoms with E-state index in [0.29, 0.717) is 6.42 Å². The van der Waals surface area contributed by atoms with E-state index in [-0.39, 0.29) is 12.5 Å². The molecule has 1 amide bonds. The Hall–Kier alpha value is -1.13. The number of unbranched alkanes of at least 4 members (excludes halogenated alkanes) is 24. The Balaban J connectivity index is 3.57. The van der Waals surface area contributed by atoms with Gasteiger partial charge < -0.3 is 15.5 Å². The van der Waals surface area contributed by atoms with Crippen LogP contribution < -0.4 is 5.32 Å². The van der Waals surface area contributed by atoms with Gasteiger partial charge in [-0.25, -0.2) is 0 Å². The summed E-state index contributed by atoms with van der Waals surface area (Å²) in [5.74, 6) is -0.0792. The molecule has 2 atom stereocenters. The fourth-order valence-electron chi connectivity index (χ4n) is 5.51. The fourth-order valence-corrected chi connectivity index (χ4v) is 5.51. The summed E-state index contributed by atoms with van der Waals surface area (Å²) in [4.78, 5) is 12.2. The second-order valence-corrected chi connectivity index (χ2v) is 12.6. The van der Waals surface area contributed by atoms with Crippen LogP contribution in [0.3, 0.4) is 0 Å². The van der Waals surface area contributed by atoms with E-state index in [1.165, 1.54) is 135 Å². The van der Waals surface area contributed by atoms with Crippen molar-refractivity contribution in [1.29, 1.82) is 0 Å². The molecule has 0 aromatic heterocycles. The Morgan fingerprint density at radius 3 is 1.38 bits per heavy atom. The van der Waals surface area contributed by atoms with Crippen LogP contribution in [0.5, 0.6) is 0 Å². The molecular weight excluding hydrogens is 518 g/mol. The van der Waals surface area contributed by atoms with Crippen LogP contribution in [0, 0.1) is 0 Å². The zero-order valence-corrected chi connectivity index (χ0v) is 28.3. The quantitative estimate of drug-likeness (QED) is 0.0525. The average molecular weight is 592 g/mol. The van der Waals surface area contributed by atoms with Gasteiger partial charge in [0.05, 0.1) is 18.8 Å². The number of nitrogens with one attached hydrogen (secondary N) is 1. The lowest BCUT2D eigenvalue weighted by atomic mass is 10.0. The maximum atomic E-state index is 12.2. The molecule has 0 aliphatic carbocycles. The third-order valence-electron chi connectivity index (χ3n) is 8.43. The largest absolute Gasteiger partial charge is 0.394 e. The molecular formula is C38H73NO3. The molecule has 3 N–H and O–H groups in total. The average Bonchev–Trinajstić information content (AvgIpc) is 2.99. The highest BCUT2D eigenvalue weighted by Gasteiger charge is 2.17. The van der Waals surface area contributed by atoms with Gasteiger partial charge >= 0.3 is 0 Å². The van der Waals surface area contributed by atoms with Gasteiger partial charge in [-0.1, -0.05) is 173 Å². The molecule has 0 aromatic carbocycles. The minimum atomic E-state index is -0.839. The van der Waals surface area contributed by atoms with Crippen molar-refractivity contribution in [2.24, 2.45) is 0 Å². The van der Waals surface area contributed by atoms with Crippen LogP contribution in [-0.2, 0) is 4.79 Å². The van der Waals surface area contributed by atoms with Gasteiger partial charge in [-0.05, 0) is 38.5 Å². The summed E-state index contributed by atoms with van der Waals surface area (Å²) in [6.07, 6.45) is 42.7. The van der Waals surface area contributed by atoms with Gasteiger partial charge in [-0.2, -0.15) is 0 Å². The van der Waals surface area contributed by atoms with E-state index in [1.54, 1.807) is 6.08 Å². The van der Waals surface area contributed by atoms with E-state index >= 15 is 0 Å². The number of hydrogen-bond acceptors (Lipinski definition) is 3. The first-order chi connectivity index (χ1) is 20.7. The first-order valence-corrected chi connectivity index (χ1v) is 18.6. The zero-order valence-electron chi connectivity index (χ0n) is 28.3. The molecule has 0 heterocycles. The minimum Gasteiger partial charge on any atom is -0.394 e. The molecule has 0 aromatic rings. The second kappa shape index (κ2) is 34.4. The molecule has 0 bridgehead atoms. The Morgan fingerprint density at radius 1 is 0.548 bits per heavy atom. The molecule has 0 saturated carbocycles. The van der Waals surface area contributed by atoms with Gasteiger partial charge in [0.2, 0.25) is 5.91 Å². The van der Waals surface area contributed by atoms with E-state index in [0.717, 1.165) is 38.5 Å². The summed E-state index contributed by atoms with van der Waals surface area (Å²) >= 11 is 0. The number of amides is 1. The highest BCUT2D eigenvalue weighted by atomic mass is 16.3. The van der Waals surface area contributed by atoms with E-state index in [4.69, 9.17) is 0 Å². The van der Waals surface area contributed by atoms with Gasteiger partial charge in [-0.15, -0.1) is 0 Å². The minimum absolute atomic E-state index is 0.0792. The SMILES string of the molecule is CCCC/C=C\CCCCCCC(=O)NC(CO)C(O)/C=C/CCCCCCCCCCCCCCCCCCCC. The van der Waals surface area contributed by atoms with Crippen LogP contribution in [0.15, 0.2) is 24.3 Å². The normalized spacial score (nSPS) is 13.3. The molecule has 2 unspecified atom stereocenters. The van der Waals surface area contributed by atoms with Gasteiger partial charge in [0.15, 0.2) is 0 Å². The Morgan fingerprint density at radius 2 is 0.929 bits per heavy atom. The first kappa shape index (κ1) is 40.9. The summed E-state index contributed by atoms with van der Waals surface area (Å²) in [5, 5.41) is 22.8. The van der Waals surface area contributed by atoms with Crippen molar-refractivity contribution < 1.29 is 15.0 Å². The number of carbonyl (C=O) groups is 1. The highest BCUT2D eigenvalue weighted by Crippen LogP contribution is 2.15. The Labute approximate surface area is 262 Å². The van der Waals surface area contributed by atoms with E-state index in [1.807, 2.05) is 6.08 Å². The van der Waals surface area contributed by atoms with Crippen LogP contribution in [0.25, 0.3) is 0 Å². The summed E-state index contributed by atoms with van der Waals surface area (Å²) < 4.78 is 0. The van der Waals surface area contributed by atoms with Crippen molar-refractivity contribution in [2.45, 2.75) is 206 Å². The molecule has 248 valence electrons. The number of carbonyl (C=O) groups excluding carboxylic acids is 1. The fraction of sp³-hybridized carbons (Fsp3) is 0.868. The number of aliphatic hydroxyl groups is 2. The third kappa shape index (κ3) is 30.3. The summed E-state index contributed by atoms with van der Waals surface area (Å²) in [6, 6.07) is -0.623. The predicted molar refractivity (Wildman–Crippen MR) is 184 cm³/mol. The Bertz CT molecular complexity index is 603. The maximum absolute atomic E-state index is 12.2. The van der Waals surface area contributed by atoms with Gasteiger partial charge in [0.25, 0.3) is 0 Å². The molecule has 0 aliphatic heterocycles. The van der Waals surface area contributed by atoms with Crippen molar-refractivity contribution in [3.63, 3.8) is 0 Å². The highest BCUT2D eigenvalue weighted by molar-refractivity contribution is 5.76. The van der Waals surface area contributed by atoms with Crippen LogP contribution in [0.4, 0.5) is 0 Å². The first-order valence-electron chi connectivity index (χ1n) is 18.6. The number of allylic oxidation sites excluding steroid dienone is 3. The van der Waals surface area contributed by atoms with Crippen LogP contribution in [0.1, 0.15) is 194 Å². The maximum Gasteiger partial charge on any atom is 0.220 e. The summed E-state index contributed by atoms with van der Waals surface area (Å²) in [5.41, 5.74) is 0. The number of aliphatic hydroxyl groups excluding tert-OH is 2. The molecule has 4 nitrogen and oxygen atoms in total. The van der Waals surface area contributed by atoms with E-state index in [9.17, 15) is 15.0 Å². The van der Waals surface area contributed by atoms with Crippen molar-refractivity contribution in [3.8, 4) is 0 Å². The lowest BCUT2D eigenvalue weighted by Gasteiger charge is -2.20. The molecule has 4 heteroatoms. The van der Waals surface area contributed by atoms with Crippen molar-refractivity contribution in [2.75, 3.05) is 6.61 Å². The summed E-state index contributed by atoms with van der Waals surface area (Å²) in [6.45, 7) is 4.25. The molecule has 0 rings (SSSR count).